The summed E-state index contributed by atoms with van der Waals surface area (Å²) in [4.78, 5) is 0. The molecule has 1 atom stereocenters. The summed E-state index contributed by atoms with van der Waals surface area (Å²) in [5, 5.41) is 0. The van der Waals surface area contributed by atoms with Crippen molar-refractivity contribution < 1.29 is 4.21 Å². The second kappa shape index (κ2) is 4.56. The molecule has 0 amide bonds. The van der Waals surface area contributed by atoms with Crippen LogP contribution in [0.4, 0.5) is 0 Å². The van der Waals surface area contributed by atoms with Gasteiger partial charge in [0.25, 0.3) is 0 Å². The third-order valence-corrected chi connectivity index (χ3v) is 3.56. The molecule has 0 bridgehead atoms. The van der Waals surface area contributed by atoms with Crippen LogP contribution in [-0.4, -0.2) is 16.2 Å². The van der Waals surface area contributed by atoms with Crippen molar-refractivity contribution in [3.8, 4) is 0 Å². The standard InChI is InChI=1S/C11H21NOS/c1-11(2,3)9-5-7-10(8-6-9)12-14(4)13/h9H,5-8H2,1-4H3. The zero-order valence-corrected chi connectivity index (χ0v) is 10.5. The van der Waals surface area contributed by atoms with E-state index in [1.165, 1.54) is 12.8 Å². The van der Waals surface area contributed by atoms with Crippen LogP contribution in [0.3, 0.4) is 0 Å². The van der Waals surface area contributed by atoms with Gasteiger partial charge in [-0.3, -0.25) is 0 Å². The largest absolute Gasteiger partial charge is 0.235 e. The van der Waals surface area contributed by atoms with Gasteiger partial charge < -0.3 is 0 Å². The first-order valence-electron chi connectivity index (χ1n) is 5.29. The van der Waals surface area contributed by atoms with Crippen LogP contribution in [-0.2, 0) is 11.0 Å². The molecule has 0 aromatic rings. The molecule has 0 N–H and O–H groups in total. The molecule has 0 aromatic carbocycles. The van der Waals surface area contributed by atoms with Gasteiger partial charge in [0.1, 0.15) is 11.0 Å². The van der Waals surface area contributed by atoms with E-state index in [1.807, 2.05) is 0 Å². The van der Waals surface area contributed by atoms with Crippen LogP contribution in [0.5, 0.6) is 0 Å². The molecule has 14 heavy (non-hydrogen) atoms. The Bertz CT molecular complexity index is 243. The van der Waals surface area contributed by atoms with E-state index in [-0.39, 0.29) is 0 Å². The van der Waals surface area contributed by atoms with E-state index in [0.717, 1.165) is 24.5 Å². The van der Waals surface area contributed by atoms with Gasteiger partial charge in [0, 0.05) is 12.0 Å². The van der Waals surface area contributed by atoms with Crippen LogP contribution in [0.1, 0.15) is 46.5 Å². The summed E-state index contributed by atoms with van der Waals surface area (Å²) in [6, 6.07) is 0. The molecule has 0 radical (unpaired) electrons. The SMILES string of the molecule is CS(=O)N=C1CCC(C(C)(C)C)CC1. The first kappa shape index (κ1) is 11.9. The molecule has 2 nitrogen and oxygen atoms in total. The van der Waals surface area contributed by atoms with Gasteiger partial charge in [-0.1, -0.05) is 20.8 Å². The lowest BCUT2D eigenvalue weighted by Gasteiger charge is -2.34. The molecule has 3 heteroatoms. The van der Waals surface area contributed by atoms with Gasteiger partial charge in [0.15, 0.2) is 0 Å². The third-order valence-electron chi connectivity index (χ3n) is 3.05. The van der Waals surface area contributed by atoms with Crippen LogP contribution >= 0.6 is 0 Å². The average Bonchev–Trinajstić information content (AvgIpc) is 2.02. The van der Waals surface area contributed by atoms with E-state index in [0.29, 0.717) is 5.41 Å². The van der Waals surface area contributed by atoms with Crippen molar-refractivity contribution in [2.75, 3.05) is 6.26 Å². The lowest BCUT2D eigenvalue weighted by Crippen LogP contribution is -2.26. The molecule has 0 saturated heterocycles. The summed E-state index contributed by atoms with van der Waals surface area (Å²) in [5.74, 6) is 0.798. The lowest BCUT2D eigenvalue weighted by atomic mass is 9.72. The molecule has 0 spiro atoms. The number of hydrogen-bond acceptors (Lipinski definition) is 1. The summed E-state index contributed by atoms with van der Waals surface area (Å²) in [6.45, 7) is 6.91. The van der Waals surface area contributed by atoms with Crippen molar-refractivity contribution >= 4 is 16.7 Å². The quantitative estimate of drug-likeness (QED) is 0.661. The molecular weight excluding hydrogens is 194 g/mol. The fraction of sp³-hybridized carbons (Fsp3) is 0.909. The number of hydrogen-bond donors (Lipinski definition) is 0. The smallest absolute Gasteiger partial charge is 0.136 e. The summed E-state index contributed by atoms with van der Waals surface area (Å²) in [6.07, 6.45) is 6.14. The van der Waals surface area contributed by atoms with Crippen molar-refractivity contribution in [1.29, 1.82) is 0 Å². The molecule has 0 aliphatic heterocycles. The Morgan fingerprint density at radius 2 is 1.79 bits per heavy atom. The van der Waals surface area contributed by atoms with Crippen molar-refractivity contribution in [3.63, 3.8) is 0 Å². The second-order valence-corrected chi connectivity index (χ2v) is 6.25. The van der Waals surface area contributed by atoms with Crippen molar-refractivity contribution in [2.45, 2.75) is 46.5 Å². The molecule has 1 unspecified atom stereocenters. The summed E-state index contributed by atoms with van der Waals surface area (Å²) < 4.78 is 15.1. The highest BCUT2D eigenvalue weighted by Crippen LogP contribution is 2.36. The minimum Gasteiger partial charge on any atom is -0.235 e. The lowest BCUT2D eigenvalue weighted by molar-refractivity contribution is 0.208. The maximum atomic E-state index is 10.9. The number of rotatable bonds is 1. The average molecular weight is 215 g/mol. The molecule has 1 fully saturated rings. The molecular formula is C11H21NOS. The van der Waals surface area contributed by atoms with E-state index < -0.39 is 11.0 Å². The maximum absolute atomic E-state index is 10.9. The van der Waals surface area contributed by atoms with E-state index in [4.69, 9.17) is 0 Å². The Kier molecular flexibility index (Phi) is 3.87. The van der Waals surface area contributed by atoms with E-state index >= 15 is 0 Å². The van der Waals surface area contributed by atoms with E-state index in [1.54, 1.807) is 6.26 Å². The highest BCUT2D eigenvalue weighted by atomic mass is 32.2. The highest BCUT2D eigenvalue weighted by Gasteiger charge is 2.27. The topological polar surface area (TPSA) is 29.4 Å². The minimum absolute atomic E-state index is 0.414. The Morgan fingerprint density at radius 1 is 1.29 bits per heavy atom. The molecule has 1 saturated carbocycles. The first-order chi connectivity index (χ1) is 6.39. The van der Waals surface area contributed by atoms with Gasteiger partial charge in [-0.15, -0.1) is 0 Å². The van der Waals surface area contributed by atoms with Crippen LogP contribution < -0.4 is 0 Å². The Morgan fingerprint density at radius 3 is 2.14 bits per heavy atom. The molecule has 0 aromatic heterocycles. The fourth-order valence-electron chi connectivity index (χ4n) is 2.09. The third kappa shape index (κ3) is 3.52. The maximum Gasteiger partial charge on any atom is 0.136 e. The van der Waals surface area contributed by atoms with Crippen molar-refractivity contribution in [1.82, 2.24) is 0 Å². The summed E-state index contributed by atoms with van der Waals surface area (Å²) in [7, 11) is -1.01. The monoisotopic (exact) mass is 215 g/mol. The van der Waals surface area contributed by atoms with Crippen molar-refractivity contribution in [3.05, 3.63) is 0 Å². The Labute approximate surface area is 89.8 Å². The normalized spacial score (nSPS) is 26.0. The molecule has 82 valence electrons. The second-order valence-electron chi connectivity index (χ2n) is 5.22. The minimum atomic E-state index is -1.01. The van der Waals surface area contributed by atoms with Crippen LogP contribution in [0.2, 0.25) is 0 Å². The molecule has 1 rings (SSSR count). The molecule has 1 aliphatic carbocycles. The summed E-state index contributed by atoms with van der Waals surface area (Å²) >= 11 is 0. The highest BCUT2D eigenvalue weighted by molar-refractivity contribution is 7.83. The Balaban J connectivity index is 2.51. The number of nitrogens with zero attached hydrogens (tertiary/aromatic N) is 1. The van der Waals surface area contributed by atoms with Crippen LogP contribution in [0.25, 0.3) is 0 Å². The van der Waals surface area contributed by atoms with Gasteiger partial charge in [-0.05, 0) is 37.0 Å². The zero-order chi connectivity index (χ0) is 10.8. The van der Waals surface area contributed by atoms with Crippen LogP contribution in [0, 0.1) is 11.3 Å². The van der Waals surface area contributed by atoms with Crippen LogP contribution in [0.15, 0.2) is 4.40 Å². The van der Waals surface area contributed by atoms with E-state index in [2.05, 4.69) is 25.2 Å². The Hall–Kier alpha value is -0.180. The summed E-state index contributed by atoms with van der Waals surface area (Å²) in [5.41, 5.74) is 1.57. The first-order valence-corrected chi connectivity index (χ1v) is 6.81. The van der Waals surface area contributed by atoms with Crippen molar-refractivity contribution in [2.24, 2.45) is 15.7 Å². The predicted molar refractivity (Wildman–Crippen MR) is 62.9 cm³/mol. The fourth-order valence-corrected chi connectivity index (χ4v) is 2.64. The van der Waals surface area contributed by atoms with Gasteiger partial charge >= 0.3 is 0 Å². The van der Waals surface area contributed by atoms with Gasteiger partial charge in [0.2, 0.25) is 0 Å². The zero-order valence-electron chi connectivity index (χ0n) is 9.67. The van der Waals surface area contributed by atoms with Gasteiger partial charge in [-0.2, -0.15) is 4.40 Å². The molecule has 0 heterocycles. The molecule has 1 aliphatic rings. The predicted octanol–water partition coefficient (Wildman–Crippen LogP) is 2.96. The van der Waals surface area contributed by atoms with Gasteiger partial charge in [-0.25, -0.2) is 4.21 Å². The van der Waals surface area contributed by atoms with E-state index in [9.17, 15) is 4.21 Å². The van der Waals surface area contributed by atoms with Gasteiger partial charge in [0.05, 0.1) is 0 Å².